The molecule has 1 aliphatic carbocycles. The lowest BCUT2D eigenvalue weighted by molar-refractivity contribution is 0.102. The first-order valence-corrected chi connectivity index (χ1v) is 9.42. The number of carbonyl (C=O) groups is 1. The number of rotatable bonds is 5. The van der Waals surface area contributed by atoms with Crippen molar-refractivity contribution in [2.45, 2.75) is 46.5 Å². The van der Waals surface area contributed by atoms with E-state index in [2.05, 4.69) is 0 Å². The lowest BCUT2D eigenvalue weighted by Crippen LogP contribution is -2.23. The second kappa shape index (κ2) is 6.30. The van der Waals surface area contributed by atoms with E-state index in [9.17, 15) is 13.2 Å². The standard InChI is InChI=1S/C17H24O3S/c1-12-8-14(3)16(9-13(12)2)17(18)11-21(19,20)10-15-6-4-5-7-15/h8-9,15H,4-7,10-11H2,1-3H3. The number of carbonyl (C=O) groups excluding carboxylic acids is 1. The molecule has 0 bridgehead atoms. The lowest BCUT2D eigenvalue weighted by atomic mass is 9.99. The summed E-state index contributed by atoms with van der Waals surface area (Å²) in [4.78, 5) is 12.3. The molecule has 0 spiro atoms. The van der Waals surface area contributed by atoms with E-state index in [1.54, 1.807) is 0 Å². The van der Waals surface area contributed by atoms with Crippen LogP contribution in [0.25, 0.3) is 0 Å². The molecule has 0 aliphatic heterocycles. The summed E-state index contributed by atoms with van der Waals surface area (Å²) in [6, 6.07) is 3.77. The molecule has 1 fully saturated rings. The fourth-order valence-electron chi connectivity index (χ4n) is 3.13. The monoisotopic (exact) mass is 308 g/mol. The summed E-state index contributed by atoms with van der Waals surface area (Å²) in [7, 11) is -3.30. The van der Waals surface area contributed by atoms with Gasteiger partial charge in [-0.25, -0.2) is 8.42 Å². The molecule has 0 aromatic heterocycles. The third-order valence-corrected chi connectivity index (χ3v) is 6.14. The summed E-state index contributed by atoms with van der Waals surface area (Å²) in [5.74, 6) is -0.201. The summed E-state index contributed by atoms with van der Waals surface area (Å²) < 4.78 is 24.4. The van der Waals surface area contributed by atoms with E-state index < -0.39 is 9.84 Å². The molecule has 116 valence electrons. The molecule has 0 saturated heterocycles. The van der Waals surface area contributed by atoms with E-state index in [4.69, 9.17) is 0 Å². The largest absolute Gasteiger partial charge is 0.293 e. The highest BCUT2D eigenvalue weighted by molar-refractivity contribution is 7.92. The van der Waals surface area contributed by atoms with Crippen LogP contribution in [0.15, 0.2) is 12.1 Å². The Kier molecular flexibility index (Phi) is 4.87. The summed E-state index contributed by atoms with van der Waals surface area (Å²) in [5, 5.41) is 0. The van der Waals surface area contributed by atoms with Crippen molar-refractivity contribution in [2.24, 2.45) is 5.92 Å². The summed E-state index contributed by atoms with van der Waals surface area (Å²) >= 11 is 0. The molecule has 1 saturated carbocycles. The molecule has 2 rings (SSSR count). The first-order chi connectivity index (χ1) is 9.78. The van der Waals surface area contributed by atoms with E-state index in [-0.39, 0.29) is 23.2 Å². The van der Waals surface area contributed by atoms with Crippen molar-refractivity contribution in [1.82, 2.24) is 0 Å². The van der Waals surface area contributed by atoms with Crippen molar-refractivity contribution in [1.29, 1.82) is 0 Å². The van der Waals surface area contributed by atoms with Crippen LogP contribution in [0.3, 0.4) is 0 Å². The minimum Gasteiger partial charge on any atom is -0.293 e. The Morgan fingerprint density at radius 1 is 1.05 bits per heavy atom. The molecular formula is C17H24O3S. The number of hydrogen-bond donors (Lipinski definition) is 0. The molecule has 0 heterocycles. The van der Waals surface area contributed by atoms with Gasteiger partial charge in [-0.05, 0) is 62.3 Å². The van der Waals surface area contributed by atoms with Gasteiger partial charge in [-0.3, -0.25) is 4.79 Å². The minimum absolute atomic E-state index is 0.169. The Morgan fingerprint density at radius 3 is 2.24 bits per heavy atom. The number of benzene rings is 1. The summed E-state index contributed by atoms with van der Waals surface area (Å²) in [6.07, 6.45) is 4.20. The Labute approximate surface area is 127 Å². The van der Waals surface area contributed by atoms with E-state index in [1.807, 2.05) is 32.9 Å². The van der Waals surface area contributed by atoms with Crippen LogP contribution in [0.4, 0.5) is 0 Å². The van der Waals surface area contributed by atoms with Crippen molar-refractivity contribution in [3.63, 3.8) is 0 Å². The second-order valence-corrected chi connectivity index (χ2v) is 8.49. The number of sulfone groups is 1. The van der Waals surface area contributed by atoms with E-state index >= 15 is 0 Å². The van der Waals surface area contributed by atoms with Crippen LogP contribution in [-0.4, -0.2) is 25.7 Å². The average molecular weight is 308 g/mol. The van der Waals surface area contributed by atoms with Gasteiger partial charge in [-0.1, -0.05) is 18.9 Å². The summed E-state index contributed by atoms with van der Waals surface area (Å²) in [5.41, 5.74) is 3.56. The van der Waals surface area contributed by atoms with Crippen molar-refractivity contribution < 1.29 is 13.2 Å². The minimum atomic E-state index is -3.30. The fraction of sp³-hybridized carbons (Fsp3) is 0.588. The van der Waals surface area contributed by atoms with Gasteiger partial charge < -0.3 is 0 Å². The smallest absolute Gasteiger partial charge is 0.178 e. The zero-order chi connectivity index (χ0) is 15.6. The Bertz CT molecular complexity index is 638. The lowest BCUT2D eigenvalue weighted by Gasteiger charge is -2.11. The first kappa shape index (κ1) is 16.2. The van der Waals surface area contributed by atoms with Crippen LogP contribution in [-0.2, 0) is 9.84 Å². The van der Waals surface area contributed by atoms with Crippen LogP contribution in [0.2, 0.25) is 0 Å². The van der Waals surface area contributed by atoms with Gasteiger partial charge in [0.1, 0.15) is 5.75 Å². The highest BCUT2D eigenvalue weighted by atomic mass is 32.2. The number of Topliss-reactive ketones (excluding diaryl/α,β-unsaturated/α-hetero) is 1. The molecule has 0 amide bonds. The van der Waals surface area contributed by atoms with Crippen molar-refractivity contribution in [3.8, 4) is 0 Å². The van der Waals surface area contributed by atoms with Gasteiger partial charge >= 0.3 is 0 Å². The van der Waals surface area contributed by atoms with Crippen LogP contribution in [0.5, 0.6) is 0 Å². The van der Waals surface area contributed by atoms with E-state index in [0.717, 1.165) is 42.4 Å². The second-order valence-electron chi connectivity index (χ2n) is 6.38. The Hall–Kier alpha value is -1.16. The fourth-order valence-corrected chi connectivity index (χ4v) is 4.86. The van der Waals surface area contributed by atoms with Crippen LogP contribution in [0, 0.1) is 26.7 Å². The molecule has 4 heteroatoms. The Balaban J connectivity index is 2.11. The zero-order valence-corrected chi connectivity index (χ0v) is 13.9. The van der Waals surface area contributed by atoms with Gasteiger partial charge in [-0.15, -0.1) is 0 Å². The van der Waals surface area contributed by atoms with Crippen LogP contribution >= 0.6 is 0 Å². The molecule has 0 unspecified atom stereocenters. The van der Waals surface area contributed by atoms with Crippen LogP contribution in [0.1, 0.15) is 52.7 Å². The molecule has 21 heavy (non-hydrogen) atoms. The zero-order valence-electron chi connectivity index (χ0n) is 13.1. The maximum Gasteiger partial charge on any atom is 0.178 e. The maximum atomic E-state index is 12.3. The summed E-state index contributed by atoms with van der Waals surface area (Å²) in [6.45, 7) is 5.80. The molecule has 1 aliphatic rings. The quantitative estimate of drug-likeness (QED) is 0.783. The predicted octanol–water partition coefficient (Wildman–Crippen LogP) is 3.40. The molecule has 1 aromatic rings. The van der Waals surface area contributed by atoms with Gasteiger partial charge in [0.05, 0.1) is 5.75 Å². The Morgan fingerprint density at radius 2 is 1.62 bits per heavy atom. The van der Waals surface area contributed by atoms with E-state index in [1.165, 1.54) is 0 Å². The highest BCUT2D eigenvalue weighted by Crippen LogP contribution is 2.26. The van der Waals surface area contributed by atoms with Gasteiger partial charge in [0.15, 0.2) is 15.6 Å². The van der Waals surface area contributed by atoms with Gasteiger partial charge in [0, 0.05) is 5.56 Å². The van der Waals surface area contributed by atoms with Gasteiger partial charge in [0.25, 0.3) is 0 Å². The average Bonchev–Trinajstić information content (AvgIpc) is 2.84. The van der Waals surface area contributed by atoms with Crippen molar-refractivity contribution >= 4 is 15.6 Å². The molecule has 0 radical (unpaired) electrons. The highest BCUT2D eigenvalue weighted by Gasteiger charge is 2.25. The molecule has 0 N–H and O–H groups in total. The normalized spacial score (nSPS) is 16.3. The number of ketones is 1. The third-order valence-electron chi connectivity index (χ3n) is 4.46. The van der Waals surface area contributed by atoms with Crippen molar-refractivity contribution in [3.05, 3.63) is 34.4 Å². The van der Waals surface area contributed by atoms with Crippen molar-refractivity contribution in [2.75, 3.05) is 11.5 Å². The van der Waals surface area contributed by atoms with Gasteiger partial charge in [0.2, 0.25) is 0 Å². The van der Waals surface area contributed by atoms with E-state index in [0.29, 0.717) is 5.56 Å². The predicted molar refractivity (Wildman–Crippen MR) is 85.6 cm³/mol. The molecule has 1 aromatic carbocycles. The third kappa shape index (κ3) is 4.16. The number of aryl methyl sites for hydroxylation is 3. The van der Waals surface area contributed by atoms with Gasteiger partial charge in [-0.2, -0.15) is 0 Å². The number of hydrogen-bond acceptors (Lipinski definition) is 3. The molecular weight excluding hydrogens is 284 g/mol. The topological polar surface area (TPSA) is 51.2 Å². The van der Waals surface area contributed by atoms with Crippen LogP contribution < -0.4 is 0 Å². The molecule has 0 atom stereocenters. The SMILES string of the molecule is Cc1cc(C)c(C(=O)CS(=O)(=O)CC2CCCC2)cc1C. The first-order valence-electron chi connectivity index (χ1n) is 7.60. The molecule has 3 nitrogen and oxygen atoms in total. The maximum absolute atomic E-state index is 12.3.